The minimum Gasteiger partial charge on any atom is -0.379 e. The van der Waals surface area contributed by atoms with Gasteiger partial charge in [-0.05, 0) is 51.4 Å². The molecule has 0 radical (unpaired) electrons. The molecule has 2 nitrogen and oxygen atoms in total. The molecule has 1 fully saturated rings. The topological polar surface area (TPSA) is 21.3 Å². The van der Waals surface area contributed by atoms with Gasteiger partial charge in [0.2, 0.25) is 0 Å². The van der Waals surface area contributed by atoms with E-state index in [9.17, 15) is 0 Å². The van der Waals surface area contributed by atoms with Crippen LogP contribution >= 0.6 is 0 Å². The van der Waals surface area contributed by atoms with Gasteiger partial charge >= 0.3 is 0 Å². The van der Waals surface area contributed by atoms with Gasteiger partial charge in [-0.15, -0.1) is 0 Å². The number of hydrogen-bond donors (Lipinski definition) is 1. The van der Waals surface area contributed by atoms with Crippen LogP contribution in [0.25, 0.3) is 0 Å². The van der Waals surface area contributed by atoms with Gasteiger partial charge in [0.05, 0.1) is 5.60 Å². The zero-order chi connectivity index (χ0) is 12.4. The molecule has 0 saturated heterocycles. The van der Waals surface area contributed by atoms with Crippen LogP contribution in [0.4, 0.5) is 0 Å². The molecule has 16 heavy (non-hydrogen) atoms. The van der Waals surface area contributed by atoms with Crippen LogP contribution in [0.3, 0.4) is 0 Å². The summed E-state index contributed by atoms with van der Waals surface area (Å²) in [5.41, 5.74) is 0.590. The Morgan fingerprint density at radius 2 is 1.81 bits per heavy atom. The third kappa shape index (κ3) is 3.74. The number of nitrogens with one attached hydrogen (secondary N) is 1. The van der Waals surface area contributed by atoms with Gasteiger partial charge in [-0.1, -0.05) is 13.8 Å². The Morgan fingerprint density at radius 1 is 1.25 bits per heavy atom. The van der Waals surface area contributed by atoms with Gasteiger partial charge in [0, 0.05) is 19.7 Å². The van der Waals surface area contributed by atoms with E-state index in [1.165, 1.54) is 19.4 Å². The second-order valence-electron chi connectivity index (χ2n) is 6.47. The van der Waals surface area contributed by atoms with Crippen LogP contribution in [0.5, 0.6) is 0 Å². The first-order chi connectivity index (χ1) is 7.31. The summed E-state index contributed by atoms with van der Waals surface area (Å²) in [7, 11) is 1.79. The molecule has 1 aliphatic rings. The van der Waals surface area contributed by atoms with E-state index in [0.29, 0.717) is 11.5 Å². The Morgan fingerprint density at radius 3 is 2.19 bits per heavy atom. The maximum absolute atomic E-state index is 5.46. The summed E-state index contributed by atoms with van der Waals surface area (Å²) < 4.78 is 5.46. The molecule has 1 N–H and O–H groups in total. The van der Waals surface area contributed by atoms with Crippen molar-refractivity contribution in [2.24, 2.45) is 11.3 Å². The highest BCUT2D eigenvalue weighted by Gasteiger charge is 2.44. The quantitative estimate of drug-likeness (QED) is 0.721. The van der Waals surface area contributed by atoms with E-state index in [0.717, 1.165) is 12.3 Å². The number of methoxy groups -OCH3 is 1. The zero-order valence-corrected chi connectivity index (χ0v) is 11.9. The van der Waals surface area contributed by atoms with Crippen molar-refractivity contribution in [3.63, 3.8) is 0 Å². The van der Waals surface area contributed by atoms with Gasteiger partial charge in [0.25, 0.3) is 0 Å². The first kappa shape index (κ1) is 14.0. The van der Waals surface area contributed by atoms with Gasteiger partial charge in [-0.25, -0.2) is 0 Å². The minimum atomic E-state index is -0.0129. The van der Waals surface area contributed by atoms with Crippen molar-refractivity contribution in [1.29, 1.82) is 0 Å². The second kappa shape index (κ2) is 5.05. The van der Waals surface area contributed by atoms with Crippen molar-refractivity contribution in [2.75, 3.05) is 13.7 Å². The van der Waals surface area contributed by atoms with Gasteiger partial charge in [-0.2, -0.15) is 0 Å². The van der Waals surface area contributed by atoms with Crippen molar-refractivity contribution in [1.82, 2.24) is 5.32 Å². The maximum Gasteiger partial charge on any atom is 0.0637 e. The van der Waals surface area contributed by atoms with Crippen LogP contribution in [0.15, 0.2) is 0 Å². The Labute approximate surface area is 101 Å². The fraction of sp³-hybridized carbons (Fsp3) is 1.00. The zero-order valence-electron chi connectivity index (χ0n) is 11.9. The molecule has 1 unspecified atom stereocenters. The Bertz CT molecular complexity index is 219. The van der Waals surface area contributed by atoms with Crippen molar-refractivity contribution in [2.45, 2.75) is 65.5 Å². The predicted molar refractivity (Wildman–Crippen MR) is 69.7 cm³/mol. The first-order valence-corrected chi connectivity index (χ1v) is 6.60. The molecule has 96 valence electrons. The molecular weight excluding hydrogens is 198 g/mol. The van der Waals surface area contributed by atoms with Crippen molar-refractivity contribution in [3.8, 4) is 0 Å². The van der Waals surface area contributed by atoms with E-state index in [4.69, 9.17) is 4.74 Å². The molecular formula is C14H29NO. The van der Waals surface area contributed by atoms with Gasteiger partial charge < -0.3 is 10.1 Å². The van der Waals surface area contributed by atoms with E-state index < -0.39 is 0 Å². The largest absolute Gasteiger partial charge is 0.379 e. The molecule has 0 amide bonds. The van der Waals surface area contributed by atoms with Crippen LogP contribution in [0.2, 0.25) is 0 Å². The molecule has 1 rings (SSSR count). The lowest BCUT2D eigenvalue weighted by Crippen LogP contribution is -2.39. The van der Waals surface area contributed by atoms with Crippen LogP contribution in [-0.2, 0) is 4.74 Å². The SMILES string of the molecule is COC(C)(C)CC(C)NCC1(C(C)C)CC1. The van der Waals surface area contributed by atoms with Crippen LogP contribution in [-0.4, -0.2) is 25.3 Å². The van der Waals surface area contributed by atoms with Gasteiger partial charge in [-0.3, -0.25) is 0 Å². The van der Waals surface area contributed by atoms with Crippen molar-refractivity contribution >= 4 is 0 Å². The Kier molecular flexibility index (Phi) is 4.42. The molecule has 0 aromatic carbocycles. The van der Waals surface area contributed by atoms with E-state index in [1.54, 1.807) is 7.11 Å². The van der Waals surface area contributed by atoms with Crippen LogP contribution < -0.4 is 5.32 Å². The Hall–Kier alpha value is -0.0800. The van der Waals surface area contributed by atoms with Crippen molar-refractivity contribution < 1.29 is 4.74 Å². The summed E-state index contributed by atoms with van der Waals surface area (Å²) in [4.78, 5) is 0. The summed E-state index contributed by atoms with van der Waals surface area (Å²) in [6.45, 7) is 12.4. The Balaban J connectivity index is 2.28. The van der Waals surface area contributed by atoms with E-state index in [-0.39, 0.29) is 5.60 Å². The highest BCUT2D eigenvalue weighted by molar-refractivity contribution is 4.97. The lowest BCUT2D eigenvalue weighted by atomic mass is 9.91. The highest BCUT2D eigenvalue weighted by Crippen LogP contribution is 2.51. The summed E-state index contributed by atoms with van der Waals surface area (Å²) in [6, 6.07) is 0.533. The molecule has 1 aliphatic carbocycles. The fourth-order valence-corrected chi connectivity index (χ4v) is 2.39. The average molecular weight is 227 g/mol. The van der Waals surface area contributed by atoms with Crippen molar-refractivity contribution in [3.05, 3.63) is 0 Å². The highest BCUT2D eigenvalue weighted by atomic mass is 16.5. The molecule has 2 heteroatoms. The molecule has 0 aromatic heterocycles. The third-order valence-electron chi connectivity index (χ3n) is 4.27. The number of rotatable bonds is 7. The molecule has 0 spiro atoms. The minimum absolute atomic E-state index is 0.0129. The molecule has 1 saturated carbocycles. The van der Waals surface area contributed by atoms with Gasteiger partial charge in [0.1, 0.15) is 0 Å². The molecule has 0 aromatic rings. The smallest absolute Gasteiger partial charge is 0.0637 e. The van der Waals surface area contributed by atoms with E-state index >= 15 is 0 Å². The van der Waals surface area contributed by atoms with Crippen LogP contribution in [0, 0.1) is 11.3 Å². The maximum atomic E-state index is 5.46. The normalized spacial score (nSPS) is 21.2. The second-order valence-corrected chi connectivity index (χ2v) is 6.47. The molecule has 1 atom stereocenters. The summed E-state index contributed by atoms with van der Waals surface area (Å²) in [5, 5.41) is 3.68. The summed E-state index contributed by atoms with van der Waals surface area (Å²) in [5.74, 6) is 0.808. The monoisotopic (exact) mass is 227 g/mol. The molecule has 0 bridgehead atoms. The van der Waals surface area contributed by atoms with Gasteiger partial charge in [0.15, 0.2) is 0 Å². The standard InChI is InChI=1S/C14H29NO/c1-11(2)14(7-8-14)10-15-12(3)9-13(4,5)16-6/h11-12,15H,7-10H2,1-6H3. The first-order valence-electron chi connectivity index (χ1n) is 6.60. The number of hydrogen-bond acceptors (Lipinski definition) is 2. The third-order valence-corrected chi connectivity index (χ3v) is 4.27. The summed E-state index contributed by atoms with van der Waals surface area (Å²) in [6.07, 6.45) is 3.87. The van der Waals surface area contributed by atoms with E-state index in [1.807, 2.05) is 0 Å². The molecule has 0 heterocycles. The molecule has 0 aliphatic heterocycles. The fourth-order valence-electron chi connectivity index (χ4n) is 2.39. The predicted octanol–water partition coefficient (Wildman–Crippen LogP) is 3.22. The lowest BCUT2D eigenvalue weighted by molar-refractivity contribution is 0.00802. The van der Waals surface area contributed by atoms with E-state index in [2.05, 4.69) is 39.9 Å². The number of ether oxygens (including phenoxy) is 1. The average Bonchev–Trinajstić information content (AvgIpc) is 2.95. The lowest BCUT2D eigenvalue weighted by Gasteiger charge is -2.29. The summed E-state index contributed by atoms with van der Waals surface area (Å²) >= 11 is 0. The van der Waals surface area contributed by atoms with Crippen LogP contribution in [0.1, 0.15) is 53.9 Å².